The van der Waals surface area contributed by atoms with E-state index in [1.54, 1.807) is 6.20 Å². The highest BCUT2D eigenvalue weighted by Gasteiger charge is 2.22. The van der Waals surface area contributed by atoms with Crippen molar-refractivity contribution in [3.05, 3.63) is 30.1 Å². The van der Waals surface area contributed by atoms with E-state index in [-0.39, 0.29) is 24.3 Å². The number of carbonyl (C=O) groups excluding carboxylic acids is 2. The summed E-state index contributed by atoms with van der Waals surface area (Å²) in [4.78, 5) is 30.2. The van der Waals surface area contributed by atoms with Crippen molar-refractivity contribution in [2.45, 2.75) is 70.4 Å². The Bertz CT molecular complexity index is 527. The third kappa shape index (κ3) is 5.95. The van der Waals surface area contributed by atoms with Gasteiger partial charge in [-0.3, -0.25) is 14.6 Å². The van der Waals surface area contributed by atoms with Gasteiger partial charge in [0.1, 0.15) is 0 Å². The van der Waals surface area contributed by atoms with E-state index in [0.717, 1.165) is 24.8 Å². The maximum Gasteiger partial charge on any atom is 0.223 e. The number of nitrogens with zero attached hydrogens (tertiary/aromatic N) is 2. The maximum absolute atomic E-state index is 12.3. The Balaban J connectivity index is 1.69. The molecule has 24 heavy (non-hydrogen) atoms. The van der Waals surface area contributed by atoms with Crippen LogP contribution in [0.1, 0.15) is 57.4 Å². The molecular weight excluding hydrogens is 302 g/mol. The molecule has 1 heterocycles. The van der Waals surface area contributed by atoms with E-state index in [4.69, 9.17) is 0 Å². The highest BCUT2D eigenvalue weighted by atomic mass is 16.2. The Morgan fingerprint density at radius 1 is 1.29 bits per heavy atom. The lowest BCUT2D eigenvalue weighted by atomic mass is 9.94. The fourth-order valence-electron chi connectivity index (χ4n) is 3.34. The van der Waals surface area contributed by atoms with E-state index in [0.29, 0.717) is 12.5 Å². The molecule has 1 aromatic heterocycles. The van der Waals surface area contributed by atoms with E-state index < -0.39 is 0 Å². The van der Waals surface area contributed by atoms with Crippen molar-refractivity contribution in [3.63, 3.8) is 0 Å². The van der Waals surface area contributed by atoms with E-state index in [1.807, 2.05) is 37.2 Å². The molecule has 1 aliphatic rings. The number of hydrogen-bond acceptors (Lipinski definition) is 3. The van der Waals surface area contributed by atoms with Gasteiger partial charge < -0.3 is 10.2 Å². The molecule has 5 heteroatoms. The molecule has 0 bridgehead atoms. The van der Waals surface area contributed by atoms with E-state index in [9.17, 15) is 9.59 Å². The first-order valence-electron chi connectivity index (χ1n) is 9.00. The summed E-state index contributed by atoms with van der Waals surface area (Å²) in [5.74, 6) is 0.0220. The van der Waals surface area contributed by atoms with Crippen LogP contribution < -0.4 is 5.32 Å². The lowest BCUT2D eigenvalue weighted by Gasteiger charge is -2.31. The summed E-state index contributed by atoms with van der Waals surface area (Å²) in [6, 6.07) is 4.29. The summed E-state index contributed by atoms with van der Waals surface area (Å²) in [5, 5.41) is 2.96. The molecule has 2 amide bonds. The molecular formula is C19H29N3O2. The van der Waals surface area contributed by atoms with Crippen molar-refractivity contribution in [2.24, 2.45) is 0 Å². The van der Waals surface area contributed by atoms with Crippen LogP contribution in [0.3, 0.4) is 0 Å². The van der Waals surface area contributed by atoms with Gasteiger partial charge in [0, 0.05) is 44.4 Å². The topological polar surface area (TPSA) is 62.3 Å². The second-order valence-corrected chi connectivity index (χ2v) is 6.83. The Hall–Kier alpha value is -1.91. The third-order valence-electron chi connectivity index (χ3n) is 4.75. The van der Waals surface area contributed by atoms with Crippen LogP contribution in [-0.2, 0) is 16.0 Å². The highest BCUT2D eigenvalue weighted by molar-refractivity contribution is 5.83. The molecule has 0 aliphatic heterocycles. The van der Waals surface area contributed by atoms with E-state index >= 15 is 0 Å². The average Bonchev–Trinajstić information content (AvgIpc) is 2.60. The van der Waals surface area contributed by atoms with Crippen molar-refractivity contribution in [3.8, 4) is 0 Å². The number of carbonyl (C=O) groups is 2. The standard InChI is InChI=1S/C19H29N3O2/c1-15(13-16-7-6-12-20-14-16)21-18(23)10-11-19(24)22(2)17-8-4-3-5-9-17/h6-7,12,14-15,17H,3-5,8-11,13H2,1-2H3,(H,21,23)/t15-/m0/s1. The van der Waals surface area contributed by atoms with Crippen molar-refractivity contribution in [1.82, 2.24) is 15.2 Å². The summed E-state index contributed by atoms with van der Waals surface area (Å²) in [7, 11) is 1.88. The second-order valence-electron chi connectivity index (χ2n) is 6.83. The quantitative estimate of drug-likeness (QED) is 0.835. The SMILES string of the molecule is C[C@@H](Cc1cccnc1)NC(=O)CCC(=O)N(C)C1CCCCC1. The zero-order chi connectivity index (χ0) is 17.4. The number of amides is 2. The first-order chi connectivity index (χ1) is 11.6. The normalized spacial score (nSPS) is 16.4. The molecule has 1 N–H and O–H groups in total. The van der Waals surface area contributed by atoms with Crippen LogP contribution in [0.5, 0.6) is 0 Å². The van der Waals surface area contributed by atoms with E-state index in [1.165, 1.54) is 19.3 Å². The summed E-state index contributed by atoms with van der Waals surface area (Å²) in [6.45, 7) is 1.97. The van der Waals surface area contributed by atoms with Crippen molar-refractivity contribution >= 4 is 11.8 Å². The molecule has 1 aliphatic carbocycles. The first kappa shape index (κ1) is 18.4. The molecule has 0 saturated heterocycles. The Morgan fingerprint density at radius 3 is 2.71 bits per heavy atom. The summed E-state index contributed by atoms with van der Waals surface area (Å²) >= 11 is 0. The molecule has 2 rings (SSSR count). The van der Waals surface area contributed by atoms with Crippen LogP contribution >= 0.6 is 0 Å². The van der Waals surface area contributed by atoms with Gasteiger partial charge in [-0.05, 0) is 37.8 Å². The first-order valence-corrected chi connectivity index (χ1v) is 9.00. The van der Waals surface area contributed by atoms with Gasteiger partial charge in [0.15, 0.2) is 0 Å². The van der Waals surface area contributed by atoms with Gasteiger partial charge in [-0.1, -0.05) is 25.3 Å². The zero-order valence-electron chi connectivity index (χ0n) is 14.8. The van der Waals surface area contributed by atoms with Gasteiger partial charge >= 0.3 is 0 Å². The van der Waals surface area contributed by atoms with Gasteiger partial charge in [-0.25, -0.2) is 0 Å². The van der Waals surface area contributed by atoms with Gasteiger partial charge in [0.25, 0.3) is 0 Å². The Morgan fingerprint density at radius 2 is 2.04 bits per heavy atom. The van der Waals surface area contributed by atoms with Gasteiger partial charge in [-0.15, -0.1) is 0 Å². The molecule has 1 aromatic rings. The van der Waals surface area contributed by atoms with Gasteiger partial charge in [-0.2, -0.15) is 0 Å². The number of aromatic nitrogens is 1. The third-order valence-corrected chi connectivity index (χ3v) is 4.75. The summed E-state index contributed by atoms with van der Waals surface area (Å²) in [6.07, 6.45) is 10.7. The Labute approximate surface area is 144 Å². The largest absolute Gasteiger partial charge is 0.353 e. The monoisotopic (exact) mass is 331 g/mol. The van der Waals surface area contributed by atoms with E-state index in [2.05, 4.69) is 10.3 Å². The van der Waals surface area contributed by atoms with Crippen LogP contribution in [0.2, 0.25) is 0 Å². The molecule has 0 spiro atoms. The minimum absolute atomic E-state index is 0.0351. The number of pyridine rings is 1. The van der Waals surface area contributed by atoms with Crippen molar-refractivity contribution in [2.75, 3.05) is 7.05 Å². The van der Waals surface area contributed by atoms with Crippen LogP contribution in [0.25, 0.3) is 0 Å². The van der Waals surface area contributed by atoms with Gasteiger partial charge in [0.05, 0.1) is 0 Å². The molecule has 1 fully saturated rings. The number of nitrogens with one attached hydrogen (secondary N) is 1. The molecule has 0 unspecified atom stereocenters. The smallest absolute Gasteiger partial charge is 0.223 e. The lowest BCUT2D eigenvalue weighted by Crippen LogP contribution is -2.39. The summed E-state index contributed by atoms with van der Waals surface area (Å²) in [5.41, 5.74) is 1.10. The Kier molecular flexibility index (Phi) is 7.22. The number of rotatable bonds is 7. The van der Waals surface area contributed by atoms with Crippen molar-refractivity contribution < 1.29 is 9.59 Å². The van der Waals surface area contributed by atoms with Crippen LogP contribution in [0.15, 0.2) is 24.5 Å². The fourth-order valence-corrected chi connectivity index (χ4v) is 3.34. The number of hydrogen-bond donors (Lipinski definition) is 1. The van der Waals surface area contributed by atoms with Crippen molar-refractivity contribution in [1.29, 1.82) is 0 Å². The van der Waals surface area contributed by atoms with Gasteiger partial charge in [0.2, 0.25) is 11.8 Å². The molecule has 1 saturated carbocycles. The molecule has 5 nitrogen and oxygen atoms in total. The minimum atomic E-state index is -0.0585. The minimum Gasteiger partial charge on any atom is -0.353 e. The van der Waals surface area contributed by atoms with Crippen LogP contribution in [0.4, 0.5) is 0 Å². The average molecular weight is 331 g/mol. The molecule has 132 valence electrons. The summed E-state index contributed by atoms with van der Waals surface area (Å²) < 4.78 is 0. The maximum atomic E-state index is 12.3. The predicted octanol–water partition coefficient (Wildman–Crippen LogP) is 2.70. The van der Waals surface area contributed by atoms with Crippen LogP contribution in [-0.4, -0.2) is 40.8 Å². The molecule has 1 atom stereocenters. The van der Waals surface area contributed by atoms with Crippen LogP contribution in [0, 0.1) is 0 Å². The molecule has 0 aromatic carbocycles. The molecule has 0 radical (unpaired) electrons. The predicted molar refractivity (Wildman–Crippen MR) is 94.4 cm³/mol. The lowest BCUT2D eigenvalue weighted by molar-refractivity contribution is -0.134. The highest BCUT2D eigenvalue weighted by Crippen LogP contribution is 2.22. The second kappa shape index (κ2) is 9.40. The fraction of sp³-hybridized carbons (Fsp3) is 0.632. The zero-order valence-corrected chi connectivity index (χ0v) is 14.8.